The SMILES string of the molecule is CCCCCCCCCCCCC/C=C/C(OC(=O)CCCCCCCCCCCCCCCCCCC)C(COP(=O)(O)OCC[N+](C)(C)C)NC(=O)CCCCCCCCCCCCCCCCC. The van der Waals surface area contributed by atoms with E-state index in [4.69, 9.17) is 13.8 Å². The summed E-state index contributed by atoms with van der Waals surface area (Å²) < 4.78 is 30.7. The largest absolute Gasteiger partial charge is 0.472 e. The van der Waals surface area contributed by atoms with Crippen LogP contribution in [0.5, 0.6) is 0 Å². The molecule has 0 saturated carbocycles. The van der Waals surface area contributed by atoms with Crippen LogP contribution in [0.1, 0.15) is 316 Å². The monoisotopic (exact) mass is 1030 g/mol. The third-order valence-corrected chi connectivity index (χ3v) is 15.2. The number of phosphoric acid groups is 1. The highest BCUT2D eigenvalue weighted by molar-refractivity contribution is 7.47. The summed E-state index contributed by atoms with van der Waals surface area (Å²) in [5, 5.41) is 3.06. The van der Waals surface area contributed by atoms with Gasteiger partial charge in [0.15, 0.2) is 0 Å². The van der Waals surface area contributed by atoms with Crippen LogP contribution in [0.25, 0.3) is 0 Å². The van der Waals surface area contributed by atoms with Crippen molar-refractivity contribution < 1.29 is 37.3 Å². The number of amides is 1. The molecule has 0 aromatic carbocycles. The summed E-state index contributed by atoms with van der Waals surface area (Å²) in [6.45, 7) is 7.07. The number of carbonyl (C=O) groups is 2. The lowest BCUT2D eigenvalue weighted by atomic mass is 10.0. The number of nitrogens with zero attached hydrogens (tertiary/aromatic N) is 1. The second kappa shape index (κ2) is 52.2. The molecule has 0 heterocycles. The van der Waals surface area contributed by atoms with Crippen molar-refractivity contribution in [1.82, 2.24) is 5.32 Å². The Balaban J connectivity index is 5.26. The number of ether oxygens (including phenoxy) is 1. The molecule has 0 saturated heterocycles. The van der Waals surface area contributed by atoms with E-state index in [1.165, 1.54) is 225 Å². The fourth-order valence-electron chi connectivity index (χ4n) is 9.41. The molecule has 0 rings (SSSR count). The number of carbonyl (C=O) groups excluding carboxylic acids is 2. The van der Waals surface area contributed by atoms with E-state index in [1.807, 2.05) is 33.3 Å². The van der Waals surface area contributed by atoms with Crippen molar-refractivity contribution in [2.45, 2.75) is 328 Å². The minimum atomic E-state index is -4.44. The first-order chi connectivity index (χ1) is 34.4. The Morgan fingerprint density at radius 3 is 1.15 bits per heavy atom. The molecule has 3 atom stereocenters. The molecule has 71 heavy (non-hydrogen) atoms. The van der Waals surface area contributed by atoms with Crippen LogP contribution in [0, 0.1) is 0 Å². The van der Waals surface area contributed by atoms with E-state index < -0.39 is 20.0 Å². The molecule has 9 nitrogen and oxygen atoms in total. The third kappa shape index (κ3) is 53.4. The zero-order chi connectivity index (χ0) is 52.2. The fraction of sp³-hybridized carbons (Fsp3) is 0.934. The Morgan fingerprint density at radius 2 is 0.803 bits per heavy atom. The standard InChI is InChI=1S/C61H121N2O7P/c1-7-10-13-16-19-22-25-28-30-31-33-36-39-42-45-48-51-54-61(65)70-59(52-49-46-43-40-37-34-27-24-21-18-15-12-9-3)58(57-69-71(66,67)68-56-55-63(4,5)6)62-60(64)53-50-47-44-41-38-35-32-29-26-23-20-17-14-11-8-2/h49,52,58-59H,7-48,50-51,53-57H2,1-6H3,(H-,62,64,66,67)/p+1/b52-49+. The Labute approximate surface area is 441 Å². The summed E-state index contributed by atoms with van der Waals surface area (Å²) in [6, 6.07) is -0.839. The molecule has 10 heteroatoms. The molecular weight excluding hydrogens is 904 g/mol. The van der Waals surface area contributed by atoms with Gasteiger partial charge in [-0.1, -0.05) is 284 Å². The minimum Gasteiger partial charge on any atom is -0.456 e. The van der Waals surface area contributed by atoms with Gasteiger partial charge >= 0.3 is 13.8 Å². The van der Waals surface area contributed by atoms with Crippen LogP contribution in [0.15, 0.2) is 12.2 Å². The number of nitrogens with one attached hydrogen (secondary N) is 1. The smallest absolute Gasteiger partial charge is 0.456 e. The summed E-state index contributed by atoms with van der Waals surface area (Å²) in [5.41, 5.74) is 0. The lowest BCUT2D eigenvalue weighted by Crippen LogP contribution is -2.47. The van der Waals surface area contributed by atoms with Crippen LogP contribution >= 0.6 is 7.82 Å². The van der Waals surface area contributed by atoms with Gasteiger partial charge in [-0.3, -0.25) is 18.6 Å². The summed E-state index contributed by atoms with van der Waals surface area (Å²) >= 11 is 0. The predicted octanol–water partition coefficient (Wildman–Crippen LogP) is 18.8. The van der Waals surface area contributed by atoms with Crippen LogP contribution in [0.2, 0.25) is 0 Å². The number of rotatable bonds is 57. The highest BCUT2D eigenvalue weighted by Gasteiger charge is 2.30. The molecule has 0 spiro atoms. The molecule has 0 aromatic rings. The van der Waals surface area contributed by atoms with E-state index in [9.17, 15) is 19.0 Å². The van der Waals surface area contributed by atoms with Gasteiger partial charge in [0.1, 0.15) is 19.3 Å². The Morgan fingerprint density at radius 1 is 0.479 bits per heavy atom. The molecule has 0 bridgehead atoms. The quantitative estimate of drug-likeness (QED) is 0.0205. The van der Waals surface area contributed by atoms with Crippen molar-refractivity contribution in [2.75, 3.05) is 40.9 Å². The van der Waals surface area contributed by atoms with Gasteiger partial charge in [-0.25, -0.2) is 4.57 Å². The number of hydrogen-bond acceptors (Lipinski definition) is 6. The molecule has 0 radical (unpaired) electrons. The van der Waals surface area contributed by atoms with Crippen molar-refractivity contribution in [3.05, 3.63) is 12.2 Å². The van der Waals surface area contributed by atoms with Gasteiger partial charge in [-0.15, -0.1) is 0 Å². The molecule has 0 aromatic heterocycles. The van der Waals surface area contributed by atoms with Gasteiger partial charge < -0.3 is 19.4 Å². The maximum atomic E-state index is 13.5. The second-order valence-electron chi connectivity index (χ2n) is 22.6. The predicted molar refractivity (Wildman–Crippen MR) is 305 cm³/mol. The first kappa shape index (κ1) is 69.8. The van der Waals surface area contributed by atoms with E-state index >= 15 is 0 Å². The maximum Gasteiger partial charge on any atom is 0.472 e. The number of unbranched alkanes of at least 4 members (excludes halogenated alkanes) is 41. The van der Waals surface area contributed by atoms with Crippen molar-refractivity contribution in [3.8, 4) is 0 Å². The van der Waals surface area contributed by atoms with Crippen LogP contribution in [-0.2, 0) is 27.9 Å². The molecule has 1 amide bonds. The molecule has 422 valence electrons. The van der Waals surface area contributed by atoms with E-state index in [2.05, 4.69) is 26.1 Å². The van der Waals surface area contributed by atoms with Crippen molar-refractivity contribution in [2.24, 2.45) is 0 Å². The second-order valence-corrected chi connectivity index (χ2v) is 24.1. The lowest BCUT2D eigenvalue weighted by Gasteiger charge is -2.27. The van der Waals surface area contributed by atoms with Gasteiger partial charge in [0.2, 0.25) is 5.91 Å². The van der Waals surface area contributed by atoms with Gasteiger partial charge in [0.25, 0.3) is 0 Å². The van der Waals surface area contributed by atoms with Crippen LogP contribution < -0.4 is 5.32 Å². The minimum absolute atomic E-state index is 0.0458. The van der Waals surface area contributed by atoms with Crippen molar-refractivity contribution in [1.29, 1.82) is 0 Å². The zero-order valence-corrected chi connectivity index (χ0v) is 49.1. The molecule has 3 unspecified atom stereocenters. The van der Waals surface area contributed by atoms with Crippen LogP contribution in [-0.4, -0.2) is 74.3 Å². The summed E-state index contributed by atoms with van der Waals surface area (Å²) in [6.07, 6.45) is 59.1. The molecule has 0 fully saturated rings. The number of hydrogen-bond donors (Lipinski definition) is 2. The molecule has 0 aliphatic heterocycles. The van der Waals surface area contributed by atoms with E-state index in [1.54, 1.807) is 0 Å². The average Bonchev–Trinajstić information content (AvgIpc) is 3.33. The molecule has 2 N–H and O–H groups in total. The third-order valence-electron chi connectivity index (χ3n) is 14.2. The van der Waals surface area contributed by atoms with Crippen molar-refractivity contribution in [3.63, 3.8) is 0 Å². The highest BCUT2D eigenvalue weighted by Crippen LogP contribution is 2.43. The highest BCUT2D eigenvalue weighted by atomic mass is 31.2. The number of esters is 1. The van der Waals surface area contributed by atoms with Gasteiger partial charge in [0.05, 0.1) is 33.8 Å². The zero-order valence-electron chi connectivity index (χ0n) is 48.2. The Kier molecular flexibility index (Phi) is 51.3. The average molecular weight is 1030 g/mol. The van der Waals surface area contributed by atoms with Crippen LogP contribution in [0.3, 0.4) is 0 Å². The number of likely N-dealkylation sites (N-methyl/N-ethyl adjacent to an activating group) is 1. The van der Waals surface area contributed by atoms with E-state index in [0.717, 1.165) is 57.8 Å². The maximum absolute atomic E-state index is 13.5. The first-order valence-electron chi connectivity index (χ1n) is 31.0. The topological polar surface area (TPSA) is 111 Å². The first-order valence-corrected chi connectivity index (χ1v) is 32.5. The lowest BCUT2D eigenvalue weighted by molar-refractivity contribution is -0.870. The summed E-state index contributed by atoms with van der Waals surface area (Å²) in [4.78, 5) is 37.7. The number of quaternary nitrogens is 1. The van der Waals surface area contributed by atoms with Crippen molar-refractivity contribution >= 4 is 19.7 Å². The van der Waals surface area contributed by atoms with Gasteiger partial charge in [-0.05, 0) is 31.8 Å². The molecule has 0 aliphatic carbocycles. The number of allylic oxidation sites excluding steroid dienone is 1. The molecular formula is C61H122N2O7P+. The number of phosphoric ester groups is 1. The Bertz CT molecular complexity index is 1230. The normalized spacial score (nSPS) is 13.7. The van der Waals surface area contributed by atoms with Gasteiger partial charge in [-0.2, -0.15) is 0 Å². The summed E-state index contributed by atoms with van der Waals surface area (Å²) in [5.74, 6) is -0.483. The van der Waals surface area contributed by atoms with E-state index in [-0.39, 0.29) is 25.1 Å². The van der Waals surface area contributed by atoms with Crippen LogP contribution in [0.4, 0.5) is 0 Å². The van der Waals surface area contributed by atoms with Gasteiger partial charge in [0, 0.05) is 12.8 Å². The fourth-order valence-corrected chi connectivity index (χ4v) is 10.1. The molecule has 0 aliphatic rings. The van der Waals surface area contributed by atoms with E-state index in [0.29, 0.717) is 23.9 Å². The summed E-state index contributed by atoms with van der Waals surface area (Å²) in [7, 11) is 1.52. The Hall–Kier alpha value is -1.25.